The van der Waals surface area contributed by atoms with Crippen LogP contribution in [-0.2, 0) is 19.5 Å². The van der Waals surface area contributed by atoms with Gasteiger partial charge in [-0.2, -0.15) is 0 Å². The summed E-state index contributed by atoms with van der Waals surface area (Å²) in [4.78, 5) is 11.5. The van der Waals surface area contributed by atoms with E-state index in [-0.39, 0.29) is 0 Å². The van der Waals surface area contributed by atoms with Gasteiger partial charge in [0.2, 0.25) is 0 Å². The Balaban J connectivity index is 1.72. The van der Waals surface area contributed by atoms with Crippen molar-refractivity contribution in [1.82, 2.24) is 14.9 Å². The minimum absolute atomic E-state index is 0.388. The van der Waals surface area contributed by atoms with Crippen LogP contribution in [0.1, 0.15) is 42.6 Å². The average molecular weight is 336 g/mol. The first kappa shape index (κ1) is 13.8. The molecule has 0 unspecified atom stereocenters. The molecule has 2 aromatic heterocycles. The van der Waals surface area contributed by atoms with Crippen molar-refractivity contribution in [3.05, 3.63) is 45.8 Å². The molecule has 0 spiro atoms. The fourth-order valence-corrected chi connectivity index (χ4v) is 2.80. The Morgan fingerprint density at radius 3 is 2.95 bits per heavy atom. The molecule has 0 fully saturated rings. The molecule has 0 aliphatic carbocycles. The smallest absolute Gasteiger partial charge is 0.169 e. The standard InChI is InChI=1S/C15H18BrN3O/c1-10(2)15-17-7-11-8-19(6-5-13(11)18-15)9-12-3-4-14(16)20-12/h3-4,7,10H,5-6,8-9H2,1-2H3. The molecule has 1 aliphatic heterocycles. The summed E-state index contributed by atoms with van der Waals surface area (Å²) in [5.41, 5.74) is 2.45. The number of rotatable bonds is 3. The molecule has 3 rings (SSSR count). The summed E-state index contributed by atoms with van der Waals surface area (Å²) < 4.78 is 6.36. The molecule has 5 heteroatoms. The van der Waals surface area contributed by atoms with Crippen molar-refractivity contribution < 1.29 is 4.42 Å². The maximum atomic E-state index is 5.57. The van der Waals surface area contributed by atoms with Crippen molar-refractivity contribution in [2.24, 2.45) is 0 Å². The summed E-state index contributed by atoms with van der Waals surface area (Å²) in [5.74, 6) is 2.33. The molecule has 0 N–H and O–H groups in total. The third-order valence-corrected chi connectivity index (χ3v) is 3.98. The van der Waals surface area contributed by atoms with Crippen LogP contribution in [0.2, 0.25) is 0 Å². The fourth-order valence-electron chi connectivity index (χ4n) is 2.46. The highest BCUT2D eigenvalue weighted by atomic mass is 79.9. The Morgan fingerprint density at radius 1 is 1.40 bits per heavy atom. The topological polar surface area (TPSA) is 42.2 Å². The van der Waals surface area contributed by atoms with Gasteiger partial charge in [0.1, 0.15) is 11.6 Å². The van der Waals surface area contributed by atoms with Gasteiger partial charge < -0.3 is 4.42 Å². The number of nitrogens with zero attached hydrogens (tertiary/aromatic N) is 3. The first-order valence-corrected chi connectivity index (χ1v) is 7.72. The van der Waals surface area contributed by atoms with E-state index in [4.69, 9.17) is 4.42 Å². The van der Waals surface area contributed by atoms with Crippen LogP contribution in [0.3, 0.4) is 0 Å². The second kappa shape index (κ2) is 5.66. The molecule has 0 amide bonds. The van der Waals surface area contributed by atoms with E-state index < -0.39 is 0 Å². The lowest BCUT2D eigenvalue weighted by molar-refractivity contribution is 0.222. The van der Waals surface area contributed by atoms with Gasteiger partial charge in [0, 0.05) is 42.9 Å². The van der Waals surface area contributed by atoms with E-state index in [1.54, 1.807) is 0 Å². The summed E-state index contributed by atoms with van der Waals surface area (Å²) >= 11 is 3.34. The predicted octanol–water partition coefficient (Wildman–Crippen LogP) is 3.51. The zero-order chi connectivity index (χ0) is 14.1. The molecule has 0 aromatic carbocycles. The molecule has 1 aliphatic rings. The monoisotopic (exact) mass is 335 g/mol. The number of furan rings is 1. The van der Waals surface area contributed by atoms with E-state index in [2.05, 4.69) is 44.6 Å². The van der Waals surface area contributed by atoms with E-state index >= 15 is 0 Å². The first-order chi connectivity index (χ1) is 9.61. The molecule has 0 saturated carbocycles. The first-order valence-electron chi connectivity index (χ1n) is 6.93. The Bertz CT molecular complexity index is 609. The minimum atomic E-state index is 0.388. The SMILES string of the molecule is CC(C)c1ncc2c(n1)CCN(Cc1ccc(Br)o1)C2. The summed E-state index contributed by atoms with van der Waals surface area (Å²) in [7, 11) is 0. The third kappa shape index (κ3) is 2.94. The summed E-state index contributed by atoms with van der Waals surface area (Å²) in [6, 6.07) is 3.95. The lowest BCUT2D eigenvalue weighted by Crippen LogP contribution is -2.31. The van der Waals surface area contributed by atoms with Crippen molar-refractivity contribution in [2.75, 3.05) is 6.54 Å². The zero-order valence-electron chi connectivity index (χ0n) is 11.8. The van der Waals surface area contributed by atoms with Crippen molar-refractivity contribution in [3.63, 3.8) is 0 Å². The summed E-state index contributed by atoms with van der Waals surface area (Å²) in [6.45, 7) is 7.00. The van der Waals surface area contributed by atoms with Crippen molar-refractivity contribution in [3.8, 4) is 0 Å². The highest BCUT2D eigenvalue weighted by Gasteiger charge is 2.20. The molecule has 4 nitrogen and oxygen atoms in total. The molecule has 0 bridgehead atoms. The van der Waals surface area contributed by atoms with Crippen LogP contribution in [0.5, 0.6) is 0 Å². The number of hydrogen-bond acceptors (Lipinski definition) is 4. The highest BCUT2D eigenvalue weighted by molar-refractivity contribution is 9.10. The van der Waals surface area contributed by atoms with Crippen LogP contribution in [0.15, 0.2) is 27.4 Å². The predicted molar refractivity (Wildman–Crippen MR) is 80.3 cm³/mol. The van der Waals surface area contributed by atoms with Gasteiger partial charge >= 0.3 is 0 Å². The molecular formula is C15H18BrN3O. The average Bonchev–Trinajstić information content (AvgIpc) is 2.83. The maximum absolute atomic E-state index is 5.57. The molecule has 0 atom stereocenters. The van der Waals surface area contributed by atoms with Crippen LogP contribution >= 0.6 is 15.9 Å². The van der Waals surface area contributed by atoms with Crippen LogP contribution < -0.4 is 0 Å². The molecule has 106 valence electrons. The molecule has 0 saturated heterocycles. The number of fused-ring (bicyclic) bond motifs is 1. The van der Waals surface area contributed by atoms with Gasteiger partial charge in [-0.3, -0.25) is 4.90 Å². The molecule has 3 heterocycles. The van der Waals surface area contributed by atoms with Crippen LogP contribution in [0.4, 0.5) is 0 Å². The van der Waals surface area contributed by atoms with E-state index in [9.17, 15) is 0 Å². The van der Waals surface area contributed by atoms with Gasteiger partial charge in [-0.25, -0.2) is 9.97 Å². The van der Waals surface area contributed by atoms with Crippen molar-refractivity contribution in [1.29, 1.82) is 0 Å². The lowest BCUT2D eigenvalue weighted by atomic mass is 10.1. The van der Waals surface area contributed by atoms with Crippen LogP contribution in [0, 0.1) is 0 Å². The number of hydrogen-bond donors (Lipinski definition) is 0. The van der Waals surface area contributed by atoms with Gasteiger partial charge in [0.25, 0.3) is 0 Å². The number of aromatic nitrogens is 2. The van der Waals surface area contributed by atoms with Gasteiger partial charge in [-0.1, -0.05) is 13.8 Å². The van der Waals surface area contributed by atoms with Crippen molar-refractivity contribution >= 4 is 15.9 Å². The second-order valence-corrected chi connectivity index (χ2v) is 6.30. The van der Waals surface area contributed by atoms with E-state index in [1.165, 1.54) is 11.3 Å². The van der Waals surface area contributed by atoms with Crippen molar-refractivity contribution in [2.45, 2.75) is 39.3 Å². The highest BCUT2D eigenvalue weighted by Crippen LogP contribution is 2.22. The molecular weight excluding hydrogens is 318 g/mol. The van der Waals surface area contributed by atoms with E-state index in [1.807, 2.05) is 18.3 Å². The van der Waals surface area contributed by atoms with Gasteiger partial charge in [0.05, 0.1) is 6.54 Å². The fraction of sp³-hybridized carbons (Fsp3) is 0.467. The Hall–Kier alpha value is -1.20. The van der Waals surface area contributed by atoms with Gasteiger partial charge in [-0.05, 0) is 28.1 Å². The molecule has 0 radical (unpaired) electrons. The Morgan fingerprint density at radius 2 is 2.25 bits per heavy atom. The summed E-state index contributed by atoms with van der Waals surface area (Å²) in [5, 5.41) is 0. The zero-order valence-corrected chi connectivity index (χ0v) is 13.4. The van der Waals surface area contributed by atoms with Crippen LogP contribution in [0.25, 0.3) is 0 Å². The lowest BCUT2D eigenvalue weighted by Gasteiger charge is -2.27. The maximum Gasteiger partial charge on any atom is 0.169 e. The molecule has 2 aromatic rings. The third-order valence-electron chi connectivity index (χ3n) is 3.56. The summed E-state index contributed by atoms with van der Waals surface area (Å²) in [6.07, 6.45) is 2.97. The second-order valence-electron chi connectivity index (χ2n) is 5.52. The minimum Gasteiger partial charge on any atom is -0.453 e. The van der Waals surface area contributed by atoms with E-state index in [0.717, 1.165) is 42.3 Å². The number of halogens is 1. The Labute approximate surface area is 127 Å². The Kier molecular flexibility index (Phi) is 3.89. The quantitative estimate of drug-likeness (QED) is 0.860. The van der Waals surface area contributed by atoms with E-state index in [0.29, 0.717) is 5.92 Å². The molecule has 20 heavy (non-hydrogen) atoms. The van der Waals surface area contributed by atoms with Gasteiger partial charge in [0.15, 0.2) is 4.67 Å². The van der Waals surface area contributed by atoms with Gasteiger partial charge in [-0.15, -0.1) is 0 Å². The van der Waals surface area contributed by atoms with Crippen LogP contribution in [-0.4, -0.2) is 21.4 Å². The largest absolute Gasteiger partial charge is 0.453 e. The normalized spacial score (nSPS) is 15.6.